The highest BCUT2D eigenvalue weighted by atomic mass is 16.5. The number of hydrogen-bond acceptors (Lipinski definition) is 4. The van der Waals surface area contributed by atoms with Crippen LogP contribution in [0.25, 0.3) is 0 Å². The zero-order chi connectivity index (χ0) is 12.0. The minimum atomic E-state index is 0.439. The Morgan fingerprint density at radius 3 is 2.81 bits per heavy atom. The number of rotatable bonds is 7. The van der Waals surface area contributed by atoms with Gasteiger partial charge in [-0.1, -0.05) is 0 Å². The van der Waals surface area contributed by atoms with Gasteiger partial charge in [0.2, 0.25) is 0 Å². The van der Waals surface area contributed by atoms with Crippen molar-refractivity contribution >= 4 is 0 Å². The molecule has 0 aromatic rings. The summed E-state index contributed by atoms with van der Waals surface area (Å²) in [6.07, 6.45) is 1.34. The summed E-state index contributed by atoms with van der Waals surface area (Å²) < 4.78 is 5.19. The normalized spacial score (nSPS) is 24.2. The Labute approximate surface area is 99.9 Å². The molecule has 1 rings (SSSR count). The molecule has 16 heavy (non-hydrogen) atoms. The smallest absolute Gasteiger partial charge is 0.0628 e. The lowest BCUT2D eigenvalue weighted by Crippen LogP contribution is -2.42. The molecule has 1 fully saturated rings. The molecular weight excluding hydrogens is 202 g/mol. The quantitative estimate of drug-likeness (QED) is 0.670. The van der Waals surface area contributed by atoms with Gasteiger partial charge in [0.15, 0.2) is 0 Å². The molecule has 0 aromatic heterocycles. The van der Waals surface area contributed by atoms with Gasteiger partial charge in [0.05, 0.1) is 6.61 Å². The Kier molecular flexibility index (Phi) is 6.28. The zero-order valence-corrected chi connectivity index (χ0v) is 11.2. The van der Waals surface area contributed by atoms with E-state index in [2.05, 4.69) is 29.2 Å². The van der Waals surface area contributed by atoms with Crippen LogP contribution in [0.15, 0.2) is 0 Å². The average molecular weight is 229 g/mol. The molecule has 0 amide bonds. The van der Waals surface area contributed by atoms with Crippen LogP contribution in [0.5, 0.6) is 0 Å². The fourth-order valence-corrected chi connectivity index (χ4v) is 2.50. The first-order valence-electron chi connectivity index (χ1n) is 6.19. The summed E-state index contributed by atoms with van der Waals surface area (Å²) in [5.41, 5.74) is 0. The second-order valence-corrected chi connectivity index (χ2v) is 5.08. The van der Waals surface area contributed by atoms with Gasteiger partial charge in [0.25, 0.3) is 0 Å². The fourth-order valence-electron chi connectivity index (χ4n) is 2.50. The number of ether oxygens (including phenoxy) is 1. The highest BCUT2D eigenvalue weighted by Gasteiger charge is 2.21. The summed E-state index contributed by atoms with van der Waals surface area (Å²) in [7, 11) is 8.18. The van der Waals surface area contributed by atoms with Crippen LogP contribution < -0.4 is 5.32 Å². The summed E-state index contributed by atoms with van der Waals surface area (Å²) in [6, 6.07) is 0.439. The third-order valence-electron chi connectivity index (χ3n) is 3.37. The van der Waals surface area contributed by atoms with E-state index >= 15 is 0 Å². The highest BCUT2D eigenvalue weighted by Crippen LogP contribution is 2.15. The molecule has 1 aliphatic rings. The fraction of sp³-hybridized carbons (Fsp3) is 1.00. The van der Waals surface area contributed by atoms with Crippen molar-refractivity contribution in [3.05, 3.63) is 0 Å². The highest BCUT2D eigenvalue weighted by molar-refractivity contribution is 4.77. The van der Waals surface area contributed by atoms with E-state index in [1.165, 1.54) is 26.1 Å². The van der Waals surface area contributed by atoms with E-state index in [4.69, 9.17) is 4.74 Å². The lowest BCUT2D eigenvalue weighted by atomic mass is 10.1. The van der Waals surface area contributed by atoms with Crippen molar-refractivity contribution in [2.24, 2.45) is 5.92 Å². The number of nitrogens with one attached hydrogen (secondary N) is 1. The number of hydrogen-bond donors (Lipinski definition) is 1. The van der Waals surface area contributed by atoms with Gasteiger partial charge in [0.1, 0.15) is 0 Å². The SMILES string of the molecule is CNC(COC)CN(C)CC1CCN(C)C1. The molecule has 0 radical (unpaired) electrons. The van der Waals surface area contributed by atoms with Crippen LogP contribution in [0.1, 0.15) is 6.42 Å². The summed E-state index contributed by atoms with van der Waals surface area (Å²) in [6.45, 7) is 5.55. The monoisotopic (exact) mass is 229 g/mol. The van der Waals surface area contributed by atoms with Crippen molar-refractivity contribution in [2.75, 3.05) is 61.0 Å². The Morgan fingerprint density at radius 2 is 2.31 bits per heavy atom. The van der Waals surface area contributed by atoms with Gasteiger partial charge in [0, 0.05) is 32.8 Å². The van der Waals surface area contributed by atoms with Gasteiger partial charge in [-0.25, -0.2) is 0 Å². The largest absolute Gasteiger partial charge is 0.383 e. The lowest BCUT2D eigenvalue weighted by molar-refractivity contribution is 0.144. The van der Waals surface area contributed by atoms with Crippen LogP contribution in [-0.4, -0.2) is 76.9 Å². The molecule has 1 heterocycles. The summed E-state index contributed by atoms with van der Waals surface area (Å²) in [4.78, 5) is 4.84. The van der Waals surface area contributed by atoms with Crippen molar-refractivity contribution in [1.82, 2.24) is 15.1 Å². The molecule has 0 aliphatic carbocycles. The van der Waals surface area contributed by atoms with E-state index < -0.39 is 0 Å². The molecule has 4 heteroatoms. The van der Waals surface area contributed by atoms with Gasteiger partial charge in [-0.15, -0.1) is 0 Å². The summed E-state index contributed by atoms with van der Waals surface area (Å²) in [5, 5.41) is 3.29. The first-order valence-corrected chi connectivity index (χ1v) is 6.19. The maximum Gasteiger partial charge on any atom is 0.0628 e. The van der Waals surface area contributed by atoms with Crippen molar-refractivity contribution in [3.8, 4) is 0 Å². The van der Waals surface area contributed by atoms with E-state index in [1.54, 1.807) is 7.11 Å². The molecule has 2 unspecified atom stereocenters. The first kappa shape index (κ1) is 13.9. The van der Waals surface area contributed by atoms with Crippen LogP contribution in [0, 0.1) is 5.92 Å². The summed E-state index contributed by atoms with van der Waals surface area (Å²) >= 11 is 0. The van der Waals surface area contributed by atoms with Crippen LogP contribution in [-0.2, 0) is 4.74 Å². The number of likely N-dealkylation sites (N-methyl/N-ethyl adjacent to an activating group) is 2. The van der Waals surface area contributed by atoms with E-state index in [0.717, 1.165) is 19.1 Å². The van der Waals surface area contributed by atoms with Crippen molar-refractivity contribution in [1.29, 1.82) is 0 Å². The molecular formula is C12H27N3O. The Balaban J connectivity index is 2.21. The maximum atomic E-state index is 5.19. The number of likely N-dealkylation sites (tertiary alicyclic amines) is 1. The Bertz CT molecular complexity index is 183. The van der Waals surface area contributed by atoms with Gasteiger partial charge >= 0.3 is 0 Å². The van der Waals surface area contributed by atoms with Gasteiger partial charge in [-0.05, 0) is 40.0 Å². The average Bonchev–Trinajstić information content (AvgIpc) is 2.63. The molecule has 0 saturated carbocycles. The molecule has 4 nitrogen and oxygen atoms in total. The van der Waals surface area contributed by atoms with Gasteiger partial charge in [-0.2, -0.15) is 0 Å². The second kappa shape index (κ2) is 7.22. The molecule has 0 spiro atoms. The van der Waals surface area contributed by atoms with Gasteiger partial charge < -0.3 is 19.9 Å². The summed E-state index contributed by atoms with van der Waals surface area (Å²) in [5.74, 6) is 0.843. The van der Waals surface area contributed by atoms with Crippen molar-refractivity contribution in [2.45, 2.75) is 12.5 Å². The van der Waals surface area contributed by atoms with E-state index in [-0.39, 0.29) is 0 Å². The molecule has 0 aromatic carbocycles. The van der Waals surface area contributed by atoms with Crippen molar-refractivity contribution in [3.63, 3.8) is 0 Å². The predicted octanol–water partition coefficient (Wildman–Crippen LogP) is 0.104. The third kappa shape index (κ3) is 4.78. The molecule has 2 atom stereocenters. The molecule has 1 N–H and O–H groups in total. The standard InChI is InChI=1S/C12H27N3O/c1-13-12(10-16-4)9-15(3)8-11-5-6-14(2)7-11/h11-13H,5-10H2,1-4H3. The van der Waals surface area contributed by atoms with E-state index in [1.807, 2.05) is 7.05 Å². The number of methoxy groups -OCH3 is 1. The first-order chi connectivity index (χ1) is 7.65. The lowest BCUT2D eigenvalue weighted by Gasteiger charge is -2.25. The minimum absolute atomic E-state index is 0.439. The zero-order valence-electron chi connectivity index (χ0n) is 11.2. The van der Waals surface area contributed by atoms with Crippen LogP contribution in [0.2, 0.25) is 0 Å². The Hall–Kier alpha value is -0.160. The molecule has 1 saturated heterocycles. The third-order valence-corrected chi connectivity index (χ3v) is 3.37. The van der Waals surface area contributed by atoms with E-state index in [9.17, 15) is 0 Å². The van der Waals surface area contributed by atoms with Crippen molar-refractivity contribution < 1.29 is 4.74 Å². The molecule has 0 bridgehead atoms. The number of nitrogens with zero attached hydrogens (tertiary/aromatic N) is 2. The maximum absolute atomic E-state index is 5.19. The predicted molar refractivity (Wildman–Crippen MR) is 67.8 cm³/mol. The van der Waals surface area contributed by atoms with Crippen LogP contribution >= 0.6 is 0 Å². The molecule has 1 aliphatic heterocycles. The minimum Gasteiger partial charge on any atom is -0.383 e. The van der Waals surface area contributed by atoms with Crippen LogP contribution in [0.4, 0.5) is 0 Å². The van der Waals surface area contributed by atoms with E-state index in [0.29, 0.717) is 6.04 Å². The Morgan fingerprint density at radius 1 is 1.56 bits per heavy atom. The van der Waals surface area contributed by atoms with Crippen LogP contribution in [0.3, 0.4) is 0 Å². The topological polar surface area (TPSA) is 27.7 Å². The second-order valence-electron chi connectivity index (χ2n) is 5.08. The van der Waals surface area contributed by atoms with Gasteiger partial charge in [-0.3, -0.25) is 0 Å². The molecule has 96 valence electrons.